The van der Waals surface area contributed by atoms with Gasteiger partial charge in [-0.1, -0.05) is 102 Å². The van der Waals surface area contributed by atoms with Crippen molar-refractivity contribution in [3.8, 4) is 0 Å². The predicted molar refractivity (Wildman–Crippen MR) is 131 cm³/mol. The molecule has 0 aliphatic carbocycles. The van der Waals surface area contributed by atoms with Crippen molar-refractivity contribution >= 4 is 12.6 Å². The highest BCUT2D eigenvalue weighted by Crippen LogP contribution is 2.12. The lowest BCUT2D eigenvalue weighted by Gasteiger charge is -2.28. The molecule has 170 valence electrons. The van der Waals surface area contributed by atoms with E-state index in [0.29, 0.717) is 0 Å². The summed E-state index contributed by atoms with van der Waals surface area (Å²) in [5.41, 5.74) is 2.61. The van der Waals surface area contributed by atoms with Crippen LogP contribution in [0.4, 0.5) is 0 Å². The molecule has 1 aliphatic heterocycles. The number of aryl methyl sites for hydroxylation is 1. The molecular formula is C26H46BNO2. The van der Waals surface area contributed by atoms with Gasteiger partial charge in [-0.2, -0.15) is 0 Å². The highest BCUT2D eigenvalue weighted by molar-refractivity contribution is 6.61. The summed E-state index contributed by atoms with van der Waals surface area (Å²) in [5.74, 6) is 0. The second kappa shape index (κ2) is 16.8. The molecule has 0 aromatic heterocycles. The minimum Gasteiger partial charge on any atom is -0.406 e. The molecule has 3 nitrogen and oxygen atoms in total. The zero-order valence-electron chi connectivity index (χ0n) is 19.9. The van der Waals surface area contributed by atoms with Crippen molar-refractivity contribution in [1.29, 1.82) is 0 Å². The first kappa shape index (κ1) is 25.4. The van der Waals surface area contributed by atoms with Crippen LogP contribution in [0.25, 0.3) is 0 Å². The molecular weight excluding hydrogens is 369 g/mol. The molecule has 0 radical (unpaired) electrons. The van der Waals surface area contributed by atoms with E-state index < -0.39 is 0 Å². The van der Waals surface area contributed by atoms with Crippen molar-refractivity contribution < 1.29 is 9.31 Å². The number of nitrogens with zero attached hydrogens (tertiary/aromatic N) is 1. The lowest BCUT2D eigenvalue weighted by molar-refractivity contribution is 0.115. The van der Waals surface area contributed by atoms with E-state index >= 15 is 0 Å². The van der Waals surface area contributed by atoms with Crippen LogP contribution >= 0.6 is 0 Å². The standard InChI is InChI=1S/C26H46BNO2/c1-3-5-7-8-9-10-11-12-13-16-20-28-21-23-29-27(30-24-22-28)26-19-15-14-18-25(26)17-6-4-2/h14-15,18-19H,3-13,16-17,20-24H2,1-2H3. The molecule has 30 heavy (non-hydrogen) atoms. The number of unbranched alkanes of at least 4 members (excludes halogenated alkanes) is 10. The maximum Gasteiger partial charge on any atom is 0.494 e. The third kappa shape index (κ3) is 10.5. The third-order valence-electron chi connectivity index (χ3n) is 6.29. The summed E-state index contributed by atoms with van der Waals surface area (Å²) in [5, 5.41) is 0. The Kier molecular flexibility index (Phi) is 14.2. The van der Waals surface area contributed by atoms with Crippen molar-refractivity contribution in [2.75, 3.05) is 32.8 Å². The fourth-order valence-corrected chi connectivity index (χ4v) is 4.32. The lowest BCUT2D eigenvalue weighted by atomic mass is 9.74. The Bertz CT molecular complexity index is 530. The minimum absolute atomic E-state index is 0.197. The van der Waals surface area contributed by atoms with Crippen molar-refractivity contribution in [3.05, 3.63) is 29.8 Å². The van der Waals surface area contributed by atoms with Gasteiger partial charge in [0.05, 0.1) is 0 Å². The predicted octanol–water partition coefficient (Wildman–Crippen LogP) is 5.99. The maximum atomic E-state index is 6.16. The average Bonchev–Trinajstić information content (AvgIpc) is 2.75. The largest absolute Gasteiger partial charge is 0.494 e. The highest BCUT2D eigenvalue weighted by Gasteiger charge is 2.26. The molecule has 0 saturated carbocycles. The molecule has 1 heterocycles. The monoisotopic (exact) mass is 415 g/mol. The molecule has 1 fully saturated rings. The van der Waals surface area contributed by atoms with Crippen molar-refractivity contribution in [2.45, 2.75) is 97.3 Å². The van der Waals surface area contributed by atoms with Crippen molar-refractivity contribution in [3.63, 3.8) is 0 Å². The smallest absolute Gasteiger partial charge is 0.406 e. The quantitative estimate of drug-likeness (QED) is 0.259. The van der Waals surface area contributed by atoms with E-state index in [0.717, 1.165) is 32.7 Å². The molecule has 0 bridgehead atoms. The zero-order chi connectivity index (χ0) is 21.3. The minimum atomic E-state index is -0.197. The lowest BCUT2D eigenvalue weighted by Crippen LogP contribution is -2.45. The van der Waals surface area contributed by atoms with Gasteiger partial charge in [0.2, 0.25) is 0 Å². The van der Waals surface area contributed by atoms with Gasteiger partial charge in [-0.05, 0) is 36.8 Å². The first-order valence-corrected chi connectivity index (χ1v) is 12.9. The SMILES string of the molecule is CCCCCCCCCCCCN1CCOB(c2ccccc2CCCC)OCC1. The van der Waals surface area contributed by atoms with Crippen LogP contribution in [-0.2, 0) is 15.7 Å². The van der Waals surface area contributed by atoms with Gasteiger partial charge in [-0.25, -0.2) is 0 Å². The Morgan fingerprint density at radius 1 is 0.733 bits per heavy atom. The van der Waals surface area contributed by atoms with E-state index in [1.807, 2.05) is 0 Å². The normalized spacial score (nSPS) is 15.9. The van der Waals surface area contributed by atoms with Gasteiger partial charge in [0.1, 0.15) is 0 Å². The van der Waals surface area contributed by atoms with E-state index in [4.69, 9.17) is 9.31 Å². The molecule has 1 aliphatic rings. The van der Waals surface area contributed by atoms with Crippen LogP contribution in [0.15, 0.2) is 24.3 Å². The summed E-state index contributed by atoms with van der Waals surface area (Å²) >= 11 is 0. The van der Waals surface area contributed by atoms with Gasteiger partial charge in [0, 0.05) is 26.3 Å². The molecule has 0 spiro atoms. The van der Waals surface area contributed by atoms with Crippen LogP contribution < -0.4 is 5.46 Å². The average molecular weight is 415 g/mol. The third-order valence-corrected chi connectivity index (χ3v) is 6.29. The molecule has 4 heteroatoms. The van der Waals surface area contributed by atoms with Gasteiger partial charge in [-0.3, -0.25) is 4.90 Å². The first-order valence-electron chi connectivity index (χ1n) is 12.9. The zero-order valence-corrected chi connectivity index (χ0v) is 19.9. The summed E-state index contributed by atoms with van der Waals surface area (Å²) < 4.78 is 12.3. The molecule has 2 rings (SSSR count). The summed E-state index contributed by atoms with van der Waals surface area (Å²) in [4.78, 5) is 2.52. The Morgan fingerprint density at radius 2 is 1.30 bits per heavy atom. The number of rotatable bonds is 15. The Balaban J connectivity index is 1.59. The Labute approximate surface area is 187 Å². The van der Waals surface area contributed by atoms with Crippen LogP contribution in [0, 0.1) is 0 Å². The van der Waals surface area contributed by atoms with Crippen molar-refractivity contribution in [2.24, 2.45) is 0 Å². The molecule has 1 aromatic rings. The molecule has 1 aromatic carbocycles. The number of benzene rings is 1. The fraction of sp³-hybridized carbons (Fsp3) is 0.769. The highest BCUT2D eigenvalue weighted by atomic mass is 16.6. The second-order valence-electron chi connectivity index (χ2n) is 8.90. The van der Waals surface area contributed by atoms with Gasteiger partial charge in [0.15, 0.2) is 0 Å². The fourth-order valence-electron chi connectivity index (χ4n) is 4.32. The van der Waals surface area contributed by atoms with E-state index in [2.05, 4.69) is 43.0 Å². The van der Waals surface area contributed by atoms with Crippen LogP contribution in [0.2, 0.25) is 0 Å². The van der Waals surface area contributed by atoms with Crippen molar-refractivity contribution in [1.82, 2.24) is 4.90 Å². The van der Waals surface area contributed by atoms with Gasteiger partial charge in [0.25, 0.3) is 0 Å². The Hall–Kier alpha value is -0.835. The Morgan fingerprint density at radius 3 is 1.93 bits per heavy atom. The van der Waals surface area contributed by atoms with Crippen LogP contribution in [0.1, 0.15) is 96.5 Å². The summed E-state index contributed by atoms with van der Waals surface area (Å²) in [6.07, 6.45) is 17.5. The first-order chi connectivity index (χ1) is 14.8. The molecule has 0 amide bonds. The number of hydrogen-bond donors (Lipinski definition) is 0. The molecule has 0 unspecified atom stereocenters. The number of hydrogen-bond acceptors (Lipinski definition) is 3. The van der Waals surface area contributed by atoms with Gasteiger partial charge in [-0.15, -0.1) is 0 Å². The summed E-state index contributed by atoms with van der Waals surface area (Å²) in [6.45, 7) is 9.27. The van der Waals surface area contributed by atoms with Gasteiger partial charge >= 0.3 is 7.12 Å². The van der Waals surface area contributed by atoms with Gasteiger partial charge < -0.3 is 9.31 Å². The topological polar surface area (TPSA) is 21.7 Å². The molecule has 0 N–H and O–H groups in total. The van der Waals surface area contributed by atoms with E-state index in [1.54, 1.807) is 0 Å². The second-order valence-corrected chi connectivity index (χ2v) is 8.90. The van der Waals surface area contributed by atoms with E-state index in [1.165, 1.54) is 94.6 Å². The van der Waals surface area contributed by atoms with Crippen LogP contribution in [-0.4, -0.2) is 44.9 Å². The maximum absolute atomic E-state index is 6.16. The summed E-state index contributed by atoms with van der Waals surface area (Å²) in [7, 11) is -0.197. The summed E-state index contributed by atoms with van der Waals surface area (Å²) in [6, 6.07) is 8.65. The van der Waals surface area contributed by atoms with E-state index in [-0.39, 0.29) is 7.12 Å². The van der Waals surface area contributed by atoms with Crippen LogP contribution in [0.5, 0.6) is 0 Å². The van der Waals surface area contributed by atoms with Crippen LogP contribution in [0.3, 0.4) is 0 Å². The molecule has 0 atom stereocenters. The molecule has 1 saturated heterocycles. The van der Waals surface area contributed by atoms with E-state index in [9.17, 15) is 0 Å².